The third-order valence-electron chi connectivity index (χ3n) is 3.68. The minimum Gasteiger partial charge on any atom is -0.491 e. The first-order chi connectivity index (χ1) is 9.56. The number of hydrogen-bond donors (Lipinski definition) is 1. The molecule has 20 heavy (non-hydrogen) atoms. The van der Waals surface area contributed by atoms with Crippen LogP contribution in [-0.2, 0) is 4.74 Å². The molecule has 2 rings (SSSR count). The highest BCUT2D eigenvalue weighted by Crippen LogP contribution is 2.19. The minimum absolute atomic E-state index is 0.112. The molecule has 0 radical (unpaired) electrons. The predicted octanol–water partition coefficient (Wildman–Crippen LogP) is 2.23. The Hall–Kier alpha value is -1.10. The van der Waals surface area contributed by atoms with Gasteiger partial charge in [-0.25, -0.2) is 0 Å². The molecule has 0 aliphatic carbocycles. The van der Waals surface area contributed by atoms with E-state index in [1.54, 1.807) is 6.92 Å². The van der Waals surface area contributed by atoms with Crippen molar-refractivity contribution in [1.29, 1.82) is 0 Å². The molecule has 1 fully saturated rings. The van der Waals surface area contributed by atoms with Crippen molar-refractivity contribution < 1.29 is 14.6 Å². The molecule has 0 spiro atoms. The van der Waals surface area contributed by atoms with Crippen LogP contribution in [0.2, 0.25) is 0 Å². The SMILES string of the molecule is CC(C)N1CCOC(COc2cccc([C@H](C)O)c2)C1. The lowest BCUT2D eigenvalue weighted by atomic mass is 10.1. The van der Waals surface area contributed by atoms with Gasteiger partial charge in [0.2, 0.25) is 0 Å². The molecule has 0 bridgehead atoms. The number of aliphatic hydroxyl groups is 1. The molecule has 1 unspecified atom stereocenters. The van der Waals surface area contributed by atoms with Crippen LogP contribution in [0.5, 0.6) is 5.75 Å². The van der Waals surface area contributed by atoms with Crippen molar-refractivity contribution in [2.75, 3.05) is 26.3 Å². The van der Waals surface area contributed by atoms with Crippen LogP contribution >= 0.6 is 0 Å². The van der Waals surface area contributed by atoms with Crippen molar-refractivity contribution in [3.8, 4) is 5.75 Å². The molecule has 1 heterocycles. The number of morpholine rings is 1. The van der Waals surface area contributed by atoms with Crippen LogP contribution in [0.1, 0.15) is 32.4 Å². The molecule has 4 nitrogen and oxygen atoms in total. The molecule has 4 heteroatoms. The van der Waals surface area contributed by atoms with Crippen LogP contribution in [0.15, 0.2) is 24.3 Å². The second kappa shape index (κ2) is 7.07. The van der Waals surface area contributed by atoms with Crippen molar-refractivity contribution in [3.63, 3.8) is 0 Å². The van der Waals surface area contributed by atoms with Gasteiger partial charge in [-0.05, 0) is 38.5 Å². The van der Waals surface area contributed by atoms with Crippen molar-refractivity contribution in [2.45, 2.75) is 39.0 Å². The van der Waals surface area contributed by atoms with E-state index in [1.807, 2.05) is 24.3 Å². The minimum atomic E-state index is -0.471. The molecule has 0 amide bonds. The van der Waals surface area contributed by atoms with Crippen LogP contribution in [-0.4, -0.2) is 48.5 Å². The molecule has 1 aromatic rings. The lowest BCUT2D eigenvalue weighted by Gasteiger charge is -2.35. The zero-order chi connectivity index (χ0) is 14.5. The summed E-state index contributed by atoms with van der Waals surface area (Å²) in [5.41, 5.74) is 0.871. The van der Waals surface area contributed by atoms with Gasteiger partial charge in [0.25, 0.3) is 0 Å². The Balaban J connectivity index is 1.87. The molecule has 1 saturated heterocycles. The average Bonchev–Trinajstić information content (AvgIpc) is 2.45. The molecular formula is C16H25NO3. The predicted molar refractivity (Wildman–Crippen MR) is 79.0 cm³/mol. The highest BCUT2D eigenvalue weighted by molar-refractivity contribution is 5.29. The number of aliphatic hydroxyl groups excluding tert-OH is 1. The number of hydrogen-bond acceptors (Lipinski definition) is 4. The van der Waals surface area contributed by atoms with Crippen LogP contribution in [0.25, 0.3) is 0 Å². The van der Waals surface area contributed by atoms with E-state index < -0.39 is 6.10 Å². The average molecular weight is 279 g/mol. The van der Waals surface area contributed by atoms with Gasteiger partial charge < -0.3 is 14.6 Å². The summed E-state index contributed by atoms with van der Waals surface area (Å²) < 4.78 is 11.5. The van der Waals surface area contributed by atoms with Crippen molar-refractivity contribution in [2.24, 2.45) is 0 Å². The van der Waals surface area contributed by atoms with Gasteiger partial charge in [0.05, 0.1) is 12.7 Å². The van der Waals surface area contributed by atoms with Gasteiger partial charge in [-0.3, -0.25) is 4.90 Å². The Morgan fingerprint density at radius 2 is 2.20 bits per heavy atom. The van der Waals surface area contributed by atoms with E-state index in [4.69, 9.17) is 9.47 Å². The molecule has 2 atom stereocenters. The van der Waals surface area contributed by atoms with Gasteiger partial charge >= 0.3 is 0 Å². The topological polar surface area (TPSA) is 41.9 Å². The molecule has 1 aliphatic rings. The Bertz CT molecular complexity index is 420. The number of ether oxygens (including phenoxy) is 2. The maximum Gasteiger partial charge on any atom is 0.119 e. The number of nitrogens with zero attached hydrogens (tertiary/aromatic N) is 1. The lowest BCUT2D eigenvalue weighted by Crippen LogP contribution is -2.47. The first kappa shape index (κ1) is 15.3. The van der Waals surface area contributed by atoms with E-state index in [0.717, 1.165) is 31.0 Å². The standard InChI is InChI=1S/C16H25NO3/c1-12(2)17-7-8-19-16(10-17)11-20-15-6-4-5-14(9-15)13(3)18/h4-6,9,12-13,16,18H,7-8,10-11H2,1-3H3/t13-,16?/m0/s1. The zero-order valence-electron chi connectivity index (χ0n) is 12.6. The van der Waals surface area contributed by atoms with Crippen molar-refractivity contribution in [1.82, 2.24) is 4.90 Å². The fourth-order valence-corrected chi connectivity index (χ4v) is 2.37. The maximum absolute atomic E-state index is 9.57. The zero-order valence-corrected chi connectivity index (χ0v) is 12.6. The van der Waals surface area contributed by atoms with Crippen LogP contribution in [0.4, 0.5) is 0 Å². The van der Waals surface area contributed by atoms with Gasteiger partial charge in [-0.2, -0.15) is 0 Å². The summed E-state index contributed by atoms with van der Waals surface area (Å²) in [6.07, 6.45) is -0.359. The third kappa shape index (κ3) is 4.20. The normalized spacial score (nSPS) is 21.9. The molecule has 0 aromatic heterocycles. The van der Waals surface area contributed by atoms with Crippen molar-refractivity contribution in [3.05, 3.63) is 29.8 Å². The fraction of sp³-hybridized carbons (Fsp3) is 0.625. The van der Waals surface area contributed by atoms with E-state index >= 15 is 0 Å². The Kier molecular flexibility index (Phi) is 5.40. The van der Waals surface area contributed by atoms with Crippen LogP contribution in [0.3, 0.4) is 0 Å². The molecule has 1 aliphatic heterocycles. The van der Waals surface area contributed by atoms with E-state index in [9.17, 15) is 5.11 Å². The van der Waals surface area contributed by atoms with Gasteiger partial charge in [0.1, 0.15) is 18.5 Å². The van der Waals surface area contributed by atoms with E-state index in [1.165, 1.54) is 0 Å². The summed E-state index contributed by atoms with van der Waals surface area (Å²) in [5, 5.41) is 9.57. The van der Waals surface area contributed by atoms with E-state index in [0.29, 0.717) is 12.6 Å². The number of rotatable bonds is 5. The first-order valence-corrected chi connectivity index (χ1v) is 7.32. The van der Waals surface area contributed by atoms with Crippen LogP contribution in [0, 0.1) is 0 Å². The van der Waals surface area contributed by atoms with Gasteiger partial charge in [-0.1, -0.05) is 12.1 Å². The summed E-state index contributed by atoms with van der Waals surface area (Å²) in [6.45, 7) is 9.38. The fourth-order valence-electron chi connectivity index (χ4n) is 2.37. The molecule has 1 aromatic carbocycles. The molecular weight excluding hydrogens is 254 g/mol. The van der Waals surface area contributed by atoms with Gasteiger partial charge in [0, 0.05) is 19.1 Å². The second-order valence-electron chi connectivity index (χ2n) is 5.64. The highest BCUT2D eigenvalue weighted by Gasteiger charge is 2.22. The highest BCUT2D eigenvalue weighted by atomic mass is 16.5. The lowest BCUT2D eigenvalue weighted by molar-refractivity contribution is -0.0564. The Labute approximate surface area is 121 Å². The summed E-state index contributed by atoms with van der Waals surface area (Å²) >= 11 is 0. The Morgan fingerprint density at radius 3 is 2.90 bits per heavy atom. The smallest absolute Gasteiger partial charge is 0.119 e. The first-order valence-electron chi connectivity index (χ1n) is 7.32. The summed E-state index contributed by atoms with van der Waals surface area (Å²) in [7, 11) is 0. The van der Waals surface area contributed by atoms with Crippen molar-refractivity contribution >= 4 is 0 Å². The summed E-state index contributed by atoms with van der Waals surface area (Å²) in [6, 6.07) is 8.14. The van der Waals surface area contributed by atoms with Gasteiger partial charge in [0.15, 0.2) is 0 Å². The molecule has 1 N–H and O–H groups in total. The second-order valence-corrected chi connectivity index (χ2v) is 5.64. The largest absolute Gasteiger partial charge is 0.491 e. The monoisotopic (exact) mass is 279 g/mol. The quantitative estimate of drug-likeness (QED) is 0.897. The molecule has 0 saturated carbocycles. The Morgan fingerprint density at radius 1 is 1.40 bits per heavy atom. The third-order valence-corrected chi connectivity index (χ3v) is 3.68. The summed E-state index contributed by atoms with van der Waals surface area (Å²) in [4.78, 5) is 2.41. The molecule has 112 valence electrons. The summed E-state index contributed by atoms with van der Waals surface area (Å²) in [5.74, 6) is 0.786. The van der Waals surface area contributed by atoms with E-state index in [2.05, 4.69) is 18.7 Å². The maximum atomic E-state index is 9.57. The van der Waals surface area contributed by atoms with Crippen LogP contribution < -0.4 is 4.74 Å². The van der Waals surface area contributed by atoms with Gasteiger partial charge in [-0.15, -0.1) is 0 Å². The van der Waals surface area contributed by atoms with E-state index in [-0.39, 0.29) is 6.10 Å². The number of benzene rings is 1.